The smallest absolute Gasteiger partial charge is 0.343 e. The molecule has 0 fully saturated rings. The van der Waals surface area contributed by atoms with Gasteiger partial charge in [0.1, 0.15) is 5.75 Å². The molecule has 3 aromatic rings. The van der Waals surface area contributed by atoms with Gasteiger partial charge in [0.2, 0.25) is 0 Å². The molecular formula is C25H22Cl2N2O5. The molecule has 1 amide bonds. The zero-order chi connectivity index (χ0) is 24.5. The molecule has 0 saturated carbocycles. The number of ether oxygens (including phenoxy) is 3. The van der Waals surface area contributed by atoms with Crippen LogP contribution in [0.3, 0.4) is 0 Å². The number of methoxy groups -OCH3 is 1. The topological polar surface area (TPSA) is 86.2 Å². The van der Waals surface area contributed by atoms with E-state index in [-0.39, 0.29) is 16.3 Å². The van der Waals surface area contributed by atoms with E-state index in [1.807, 2.05) is 6.92 Å². The summed E-state index contributed by atoms with van der Waals surface area (Å²) < 4.78 is 16.3. The Balaban J connectivity index is 1.64. The first-order valence-corrected chi connectivity index (χ1v) is 11.1. The predicted octanol–water partition coefficient (Wildman–Crippen LogP) is 5.77. The second kappa shape index (κ2) is 12.1. The minimum absolute atomic E-state index is 0.219. The number of rotatable bonds is 9. The minimum Gasteiger partial charge on any atom is -0.494 e. The Labute approximate surface area is 207 Å². The molecule has 0 radical (unpaired) electrons. The van der Waals surface area contributed by atoms with Crippen molar-refractivity contribution in [3.05, 3.63) is 87.4 Å². The fraction of sp³-hybridized carbons (Fsp3) is 0.160. The van der Waals surface area contributed by atoms with E-state index in [0.717, 1.165) is 6.42 Å². The number of amides is 1. The number of hydrazone groups is 1. The molecule has 0 aliphatic carbocycles. The molecular weight excluding hydrogens is 479 g/mol. The number of carbonyl (C=O) groups is 2. The Morgan fingerprint density at radius 1 is 1.00 bits per heavy atom. The normalized spacial score (nSPS) is 10.7. The number of hydrogen-bond acceptors (Lipinski definition) is 6. The molecule has 34 heavy (non-hydrogen) atoms. The van der Waals surface area contributed by atoms with Crippen molar-refractivity contribution in [3.63, 3.8) is 0 Å². The molecule has 7 nitrogen and oxygen atoms in total. The summed E-state index contributed by atoms with van der Waals surface area (Å²) in [5.74, 6) is 0.237. The van der Waals surface area contributed by atoms with E-state index in [9.17, 15) is 9.59 Å². The number of esters is 1. The van der Waals surface area contributed by atoms with Gasteiger partial charge in [-0.3, -0.25) is 4.79 Å². The number of halogens is 2. The second-order valence-corrected chi connectivity index (χ2v) is 7.84. The summed E-state index contributed by atoms with van der Waals surface area (Å²) in [6, 6.07) is 16.1. The Morgan fingerprint density at radius 3 is 2.44 bits per heavy atom. The lowest BCUT2D eigenvalue weighted by Crippen LogP contribution is -2.18. The van der Waals surface area contributed by atoms with E-state index in [4.69, 9.17) is 37.4 Å². The van der Waals surface area contributed by atoms with Crippen LogP contribution in [0.2, 0.25) is 10.0 Å². The van der Waals surface area contributed by atoms with Crippen LogP contribution in [0.1, 0.15) is 39.6 Å². The van der Waals surface area contributed by atoms with E-state index in [2.05, 4.69) is 10.5 Å². The van der Waals surface area contributed by atoms with Crippen LogP contribution in [0.4, 0.5) is 0 Å². The van der Waals surface area contributed by atoms with Gasteiger partial charge >= 0.3 is 5.97 Å². The van der Waals surface area contributed by atoms with Crippen LogP contribution in [0.25, 0.3) is 0 Å². The number of nitrogens with one attached hydrogen (secondary N) is 1. The van der Waals surface area contributed by atoms with Crippen molar-refractivity contribution < 1.29 is 23.8 Å². The first-order chi connectivity index (χ1) is 16.4. The fourth-order valence-electron chi connectivity index (χ4n) is 2.81. The van der Waals surface area contributed by atoms with Crippen molar-refractivity contribution >= 4 is 41.3 Å². The Hall–Kier alpha value is -3.55. The van der Waals surface area contributed by atoms with Crippen LogP contribution < -0.4 is 19.6 Å². The monoisotopic (exact) mass is 500 g/mol. The van der Waals surface area contributed by atoms with Gasteiger partial charge in [-0.1, -0.05) is 30.1 Å². The van der Waals surface area contributed by atoms with Gasteiger partial charge in [-0.05, 0) is 72.6 Å². The van der Waals surface area contributed by atoms with E-state index in [1.165, 1.54) is 25.5 Å². The van der Waals surface area contributed by atoms with Gasteiger partial charge in [0.25, 0.3) is 5.91 Å². The Bertz CT molecular complexity index is 1200. The summed E-state index contributed by atoms with van der Waals surface area (Å²) in [7, 11) is 1.46. The van der Waals surface area contributed by atoms with Crippen molar-refractivity contribution in [1.82, 2.24) is 5.43 Å². The zero-order valence-electron chi connectivity index (χ0n) is 18.5. The van der Waals surface area contributed by atoms with Gasteiger partial charge in [-0.15, -0.1) is 0 Å². The highest BCUT2D eigenvalue weighted by Gasteiger charge is 2.13. The van der Waals surface area contributed by atoms with Gasteiger partial charge in [0, 0.05) is 5.02 Å². The van der Waals surface area contributed by atoms with Crippen molar-refractivity contribution in [1.29, 1.82) is 0 Å². The van der Waals surface area contributed by atoms with Gasteiger partial charge < -0.3 is 14.2 Å². The molecule has 0 spiro atoms. The summed E-state index contributed by atoms with van der Waals surface area (Å²) in [6.45, 7) is 2.62. The molecule has 0 atom stereocenters. The summed E-state index contributed by atoms with van der Waals surface area (Å²) in [6.07, 6.45) is 2.32. The number of benzene rings is 3. The van der Waals surface area contributed by atoms with Crippen LogP contribution in [0.15, 0.2) is 65.8 Å². The quantitative estimate of drug-likeness (QED) is 0.174. The van der Waals surface area contributed by atoms with E-state index < -0.39 is 11.9 Å². The molecule has 3 rings (SSSR count). The van der Waals surface area contributed by atoms with Gasteiger partial charge in [0.15, 0.2) is 11.5 Å². The highest BCUT2D eigenvalue weighted by atomic mass is 35.5. The Morgan fingerprint density at radius 2 is 1.76 bits per heavy atom. The maximum Gasteiger partial charge on any atom is 0.343 e. The average molecular weight is 501 g/mol. The molecule has 0 aliphatic rings. The zero-order valence-corrected chi connectivity index (χ0v) is 20.0. The highest BCUT2D eigenvalue weighted by Crippen LogP contribution is 2.28. The molecule has 1 N–H and O–H groups in total. The number of carbonyl (C=O) groups excluding carboxylic acids is 2. The summed E-state index contributed by atoms with van der Waals surface area (Å²) in [5, 5.41) is 4.58. The third-order valence-electron chi connectivity index (χ3n) is 4.51. The second-order valence-electron chi connectivity index (χ2n) is 7.00. The number of hydrogen-bond donors (Lipinski definition) is 1. The number of nitrogens with zero attached hydrogens (tertiary/aromatic N) is 1. The third kappa shape index (κ3) is 6.73. The molecule has 176 valence electrons. The average Bonchev–Trinajstić information content (AvgIpc) is 2.83. The lowest BCUT2D eigenvalue weighted by atomic mass is 10.2. The van der Waals surface area contributed by atoms with E-state index >= 15 is 0 Å². The summed E-state index contributed by atoms with van der Waals surface area (Å²) >= 11 is 11.9. The van der Waals surface area contributed by atoms with Crippen LogP contribution in [-0.4, -0.2) is 31.8 Å². The van der Waals surface area contributed by atoms with Crippen molar-refractivity contribution in [2.45, 2.75) is 13.3 Å². The molecule has 0 saturated heterocycles. The van der Waals surface area contributed by atoms with Gasteiger partial charge in [0.05, 0.1) is 36.1 Å². The van der Waals surface area contributed by atoms with Gasteiger partial charge in [-0.2, -0.15) is 5.10 Å². The lowest BCUT2D eigenvalue weighted by molar-refractivity contribution is 0.0729. The highest BCUT2D eigenvalue weighted by molar-refractivity contribution is 6.36. The third-order valence-corrected chi connectivity index (χ3v) is 5.06. The maximum absolute atomic E-state index is 12.5. The molecule has 0 bridgehead atoms. The fourth-order valence-corrected chi connectivity index (χ4v) is 3.31. The molecule has 0 aliphatic heterocycles. The summed E-state index contributed by atoms with van der Waals surface area (Å²) in [5.41, 5.74) is 3.62. The van der Waals surface area contributed by atoms with E-state index in [0.29, 0.717) is 34.3 Å². The largest absolute Gasteiger partial charge is 0.494 e. The predicted molar refractivity (Wildman–Crippen MR) is 132 cm³/mol. The van der Waals surface area contributed by atoms with Crippen molar-refractivity contribution in [3.8, 4) is 17.2 Å². The molecule has 0 heterocycles. The summed E-state index contributed by atoms with van der Waals surface area (Å²) in [4.78, 5) is 24.7. The molecule has 0 unspecified atom stereocenters. The molecule has 9 heteroatoms. The minimum atomic E-state index is -0.533. The standard InChI is InChI=1S/C25H22Cl2N2O5/c1-3-12-33-19-8-5-17(6-9-19)25(31)34-22-11-4-16(13-23(22)32-2)15-28-29-24(30)20-10-7-18(26)14-21(20)27/h4-11,13-15H,3,12H2,1-2H3,(H,29,30)/b28-15-. The first kappa shape index (κ1) is 25.1. The SMILES string of the molecule is CCCOc1ccc(C(=O)Oc2ccc(/C=N\NC(=O)c3ccc(Cl)cc3Cl)cc2OC)cc1. The van der Waals surface area contributed by atoms with Crippen LogP contribution in [0.5, 0.6) is 17.2 Å². The lowest BCUT2D eigenvalue weighted by Gasteiger charge is -2.10. The Kier molecular flexibility index (Phi) is 8.90. The first-order valence-electron chi connectivity index (χ1n) is 10.3. The molecule has 0 aromatic heterocycles. The van der Waals surface area contributed by atoms with Crippen LogP contribution >= 0.6 is 23.2 Å². The van der Waals surface area contributed by atoms with Crippen LogP contribution in [-0.2, 0) is 0 Å². The van der Waals surface area contributed by atoms with Crippen molar-refractivity contribution in [2.24, 2.45) is 5.10 Å². The van der Waals surface area contributed by atoms with Crippen molar-refractivity contribution in [2.75, 3.05) is 13.7 Å². The van der Waals surface area contributed by atoms with Gasteiger partial charge in [-0.25, -0.2) is 10.2 Å². The molecule has 3 aromatic carbocycles. The van der Waals surface area contributed by atoms with E-state index in [1.54, 1.807) is 48.5 Å². The maximum atomic E-state index is 12.5. The van der Waals surface area contributed by atoms with Crippen LogP contribution in [0, 0.1) is 0 Å².